The zero-order valence-corrected chi connectivity index (χ0v) is 42.1. The third-order valence-corrected chi connectivity index (χ3v) is 11.7. The molecule has 0 unspecified atom stereocenters. The molecule has 0 aromatic heterocycles. The maximum Gasteiger partial charge on any atom is 0.407 e. The van der Waals surface area contributed by atoms with Crippen molar-refractivity contribution in [3.8, 4) is 11.1 Å². The Morgan fingerprint density at radius 2 is 0.736 bits per heavy atom. The molecule has 2 aromatic rings. The van der Waals surface area contributed by atoms with Crippen LogP contribution in [0.1, 0.15) is 29.9 Å². The van der Waals surface area contributed by atoms with Gasteiger partial charge >= 0.3 is 12.1 Å². The van der Waals surface area contributed by atoms with Gasteiger partial charge < -0.3 is 65.0 Å². The van der Waals surface area contributed by atoms with Gasteiger partial charge in [0.1, 0.15) is 6.61 Å². The second kappa shape index (κ2) is 26.7. The Balaban J connectivity index is 1.41. The summed E-state index contributed by atoms with van der Waals surface area (Å²) in [5.41, 5.74) is 9.08. The third kappa shape index (κ3) is 17.4. The van der Waals surface area contributed by atoms with Crippen molar-refractivity contribution in [2.75, 3.05) is 129 Å². The van der Waals surface area contributed by atoms with Crippen molar-refractivity contribution in [3.05, 3.63) is 59.7 Å². The van der Waals surface area contributed by atoms with E-state index in [2.05, 4.69) is 5.32 Å². The van der Waals surface area contributed by atoms with Crippen LogP contribution in [0.25, 0.3) is 11.1 Å². The molecule has 0 fully saturated rings. The van der Waals surface area contributed by atoms with E-state index in [-0.39, 0.29) is 25.6 Å². The fourth-order valence-electron chi connectivity index (χ4n) is 7.17. The first-order valence-corrected chi connectivity index (χ1v) is 22.5. The summed E-state index contributed by atoms with van der Waals surface area (Å²) in [6.07, 6.45) is -2.02. The van der Waals surface area contributed by atoms with Crippen LogP contribution < -0.4 is 11.1 Å². The average Bonchev–Trinajstić information content (AvgIpc) is 3.62. The molecule has 25 nitrogen and oxygen atoms in total. The normalized spacial score (nSPS) is 11.6. The first-order valence-electron chi connectivity index (χ1n) is 22.5. The van der Waals surface area contributed by atoms with Crippen molar-refractivity contribution >= 4 is 71.1 Å². The van der Waals surface area contributed by atoms with Gasteiger partial charge in [-0.3, -0.25) is 52.7 Å². The minimum Gasteiger partial charge on any atom is -0.481 e. The van der Waals surface area contributed by atoms with Gasteiger partial charge in [0.25, 0.3) is 0 Å². The molecule has 392 valence electrons. The number of nitrogens with zero attached hydrogens (tertiary/aromatic N) is 9. The van der Waals surface area contributed by atoms with Crippen LogP contribution in [-0.4, -0.2) is 255 Å². The molecule has 0 spiro atoms. The number of fused-ring (bicyclic) bond motifs is 3. The predicted octanol–water partition coefficient (Wildman–Crippen LogP) is -2.63. The smallest absolute Gasteiger partial charge is 0.407 e. The number of rotatable bonds is 25. The molecule has 1 aliphatic rings. The van der Waals surface area contributed by atoms with Crippen molar-refractivity contribution < 1.29 is 67.4 Å². The van der Waals surface area contributed by atoms with E-state index in [9.17, 15) is 62.6 Å². The zero-order valence-electron chi connectivity index (χ0n) is 42.1. The molecule has 0 heterocycles. The van der Waals surface area contributed by atoms with Crippen molar-refractivity contribution in [2.24, 2.45) is 5.73 Å². The maximum atomic E-state index is 13.2. The lowest BCUT2D eigenvalue weighted by Gasteiger charge is -2.27. The summed E-state index contributed by atoms with van der Waals surface area (Å²) < 4.78 is 5.52. The number of amides is 11. The highest BCUT2D eigenvalue weighted by atomic mass is 16.5. The number of carbonyl (C=O) groups excluding carboxylic acids is 11. The maximum absolute atomic E-state index is 13.2. The molecule has 4 N–H and O–H groups in total. The number of nitrogens with one attached hydrogen (secondary N) is 1. The summed E-state index contributed by atoms with van der Waals surface area (Å²) in [6, 6.07) is 14.3. The van der Waals surface area contributed by atoms with Crippen LogP contribution in [-0.2, 0) is 57.5 Å². The molecule has 0 radical (unpaired) electrons. The lowest BCUT2D eigenvalue weighted by Crippen LogP contribution is -2.49. The second-order valence-electron chi connectivity index (χ2n) is 17.7. The zero-order chi connectivity index (χ0) is 54.1. The van der Waals surface area contributed by atoms with Crippen LogP contribution in [0.15, 0.2) is 48.5 Å². The van der Waals surface area contributed by atoms with Crippen molar-refractivity contribution in [3.63, 3.8) is 0 Å². The first-order chi connectivity index (χ1) is 33.7. The van der Waals surface area contributed by atoms with Crippen LogP contribution in [0.2, 0.25) is 0 Å². The summed E-state index contributed by atoms with van der Waals surface area (Å²) in [4.78, 5) is 161. The van der Waals surface area contributed by atoms with E-state index in [1.54, 1.807) is 0 Å². The highest BCUT2D eigenvalue weighted by Gasteiger charge is 2.31. The van der Waals surface area contributed by atoms with Gasteiger partial charge in [-0.05, 0) is 22.3 Å². The van der Waals surface area contributed by atoms with E-state index in [1.807, 2.05) is 48.5 Å². The quantitative estimate of drug-likeness (QED) is 0.0918. The van der Waals surface area contributed by atoms with Gasteiger partial charge in [-0.1, -0.05) is 48.5 Å². The molecule has 1 atom stereocenters. The Morgan fingerprint density at radius 1 is 0.458 bits per heavy atom. The fraction of sp³-hybridized carbons (Fsp3) is 0.489. The number of aliphatic carboxylic acids is 1. The van der Waals surface area contributed by atoms with Gasteiger partial charge in [-0.2, -0.15) is 0 Å². The number of hydrogen-bond acceptors (Lipinski definition) is 13. The highest BCUT2D eigenvalue weighted by molar-refractivity contribution is 5.94. The standard InChI is InChI=1S/C47H65N11O14/c1-50(20-36(48)59)38(61)22-52(3)40(63)24-54(5)42(65)26-56(7)44(67)28-58(9)45(68)27-57(8)43(66)25-55(6)41(64)23-53(4)39(62)21-51(2)37(60)18-30(19-46(69)70)49-47(71)72-29-35-33-16-12-10-14-31(33)32-15-11-13-17-34(32)35/h10-17,30,35H,18-29H2,1-9H3,(H2,48,59)(H,49,71)(H,69,70)/t30-/m0/s1. The second-order valence-corrected chi connectivity index (χ2v) is 17.7. The van der Waals surface area contributed by atoms with Gasteiger partial charge in [0.2, 0.25) is 59.1 Å². The summed E-state index contributed by atoms with van der Waals surface area (Å²) in [5.74, 6) is -8.00. The number of carboxylic acid groups (broad SMARTS) is 1. The van der Waals surface area contributed by atoms with Crippen molar-refractivity contribution in [2.45, 2.75) is 24.8 Å². The SMILES string of the molecule is CN(CC(N)=O)C(=O)CN(C)C(=O)CN(C)C(=O)CN(C)C(=O)CN(C)C(=O)CN(C)C(=O)CN(C)C(=O)CN(C)C(=O)CN(C)C(=O)C[C@@H](CC(=O)O)NC(=O)OCC1c2ccccc2-c2ccccc21. The number of benzene rings is 2. The molecule has 0 bridgehead atoms. The van der Waals surface area contributed by atoms with E-state index in [1.165, 1.54) is 63.4 Å². The number of carboxylic acids is 1. The Hall–Kier alpha value is -8.12. The molecule has 0 saturated carbocycles. The van der Waals surface area contributed by atoms with E-state index >= 15 is 0 Å². The lowest BCUT2D eigenvalue weighted by molar-refractivity contribution is -0.146. The minimum atomic E-state index is -1.29. The topological polar surface area (TPSA) is 302 Å². The Morgan fingerprint density at radius 3 is 1.03 bits per heavy atom. The molecule has 11 amide bonds. The monoisotopic (exact) mass is 1010 g/mol. The number of primary amides is 1. The number of ether oxygens (including phenoxy) is 1. The molecule has 2 aromatic carbocycles. The molecular weight excluding hydrogens is 943 g/mol. The van der Waals surface area contributed by atoms with Gasteiger partial charge in [-0.25, -0.2) is 4.79 Å². The number of carbonyl (C=O) groups is 12. The highest BCUT2D eigenvalue weighted by Crippen LogP contribution is 2.44. The number of hydrogen-bond donors (Lipinski definition) is 3. The summed E-state index contributed by atoms with van der Waals surface area (Å²) >= 11 is 0. The van der Waals surface area contributed by atoms with Crippen LogP contribution in [0, 0.1) is 0 Å². The molecular formula is C47H65N11O14. The Bertz CT molecular complexity index is 2350. The number of likely N-dealkylation sites (N-methyl/N-ethyl adjacent to an activating group) is 9. The fourth-order valence-corrected chi connectivity index (χ4v) is 7.17. The average molecular weight is 1010 g/mol. The summed E-state index contributed by atoms with van der Waals surface area (Å²) in [5, 5.41) is 12.0. The summed E-state index contributed by atoms with van der Waals surface area (Å²) in [7, 11) is 11.8. The Labute approximate surface area is 417 Å². The van der Waals surface area contributed by atoms with Crippen LogP contribution in [0.5, 0.6) is 0 Å². The molecule has 3 rings (SSSR count). The first kappa shape index (κ1) is 58.2. The minimum absolute atomic E-state index is 0.0391. The number of nitrogens with two attached hydrogens (primary N) is 1. The van der Waals surface area contributed by atoms with Crippen molar-refractivity contribution in [1.29, 1.82) is 0 Å². The molecule has 0 aliphatic heterocycles. The predicted molar refractivity (Wildman–Crippen MR) is 257 cm³/mol. The molecule has 1 aliphatic carbocycles. The van der Waals surface area contributed by atoms with Gasteiger partial charge in [0.15, 0.2) is 0 Å². The largest absolute Gasteiger partial charge is 0.481 e. The van der Waals surface area contributed by atoms with Crippen LogP contribution in [0.3, 0.4) is 0 Å². The molecule has 0 saturated heterocycles. The number of alkyl carbamates (subject to hydrolysis) is 1. The Kier molecular flexibility index (Phi) is 21.6. The van der Waals surface area contributed by atoms with E-state index in [0.29, 0.717) is 0 Å². The summed E-state index contributed by atoms with van der Waals surface area (Å²) in [6.45, 7) is -4.09. The van der Waals surface area contributed by atoms with E-state index in [4.69, 9.17) is 10.5 Å². The van der Waals surface area contributed by atoms with E-state index in [0.717, 1.165) is 66.4 Å². The molecule has 72 heavy (non-hydrogen) atoms. The molecule has 25 heteroatoms. The van der Waals surface area contributed by atoms with Crippen LogP contribution >= 0.6 is 0 Å². The van der Waals surface area contributed by atoms with Gasteiger partial charge in [0.05, 0.1) is 71.4 Å². The van der Waals surface area contributed by atoms with Crippen LogP contribution in [0.4, 0.5) is 4.79 Å². The lowest BCUT2D eigenvalue weighted by atomic mass is 9.98. The van der Waals surface area contributed by atoms with Gasteiger partial charge in [0, 0.05) is 75.8 Å². The third-order valence-electron chi connectivity index (χ3n) is 11.7. The van der Waals surface area contributed by atoms with Crippen molar-refractivity contribution in [1.82, 2.24) is 49.4 Å². The van der Waals surface area contributed by atoms with Gasteiger partial charge in [-0.15, -0.1) is 0 Å². The van der Waals surface area contributed by atoms with E-state index < -0.39 is 136 Å².